The molecule has 3 nitrogen and oxygen atoms in total. The first kappa shape index (κ1) is 7.94. The molecule has 0 aromatic heterocycles. The third-order valence-corrected chi connectivity index (χ3v) is 1.49. The molecular formula is C4H9NO2S. The van der Waals surface area contributed by atoms with Gasteiger partial charge >= 0.3 is 0 Å². The number of hydrogen-bond acceptors (Lipinski definition) is 2. The van der Waals surface area contributed by atoms with E-state index in [4.69, 9.17) is 5.14 Å². The maximum atomic E-state index is 10.0. The zero-order valence-corrected chi connectivity index (χ0v) is 5.37. The van der Waals surface area contributed by atoms with E-state index in [-0.39, 0.29) is 5.75 Å². The summed E-state index contributed by atoms with van der Waals surface area (Å²) in [6, 6.07) is 0. The molecule has 0 radical (unpaired) electrons. The van der Waals surface area contributed by atoms with Crippen LogP contribution in [0.1, 0.15) is 12.8 Å². The van der Waals surface area contributed by atoms with Crippen molar-refractivity contribution < 1.29 is 8.76 Å². The molecule has 0 aromatic rings. The van der Waals surface area contributed by atoms with Crippen LogP contribution in [0.5, 0.6) is 0 Å². The largest absolute Gasteiger partial charge is 0.625 e. The Balaban J connectivity index is 3.26. The molecular weight excluding hydrogens is 126 g/mol. The molecule has 0 saturated heterocycles. The maximum Gasteiger partial charge on any atom is 0.101 e. The molecule has 0 heterocycles. The summed E-state index contributed by atoms with van der Waals surface area (Å²) < 4.78 is 20.1. The Morgan fingerprint density at radius 3 is 2.38 bits per heavy atom. The van der Waals surface area contributed by atoms with Gasteiger partial charge in [0.05, 0.1) is 13.3 Å². The predicted molar refractivity (Wildman–Crippen MR) is 32.6 cm³/mol. The van der Waals surface area contributed by atoms with Crippen molar-refractivity contribution in [1.29, 1.82) is 0 Å². The zero-order valence-electron chi connectivity index (χ0n) is 4.55. The van der Waals surface area contributed by atoms with Gasteiger partial charge in [-0.2, -0.15) is 0 Å². The van der Waals surface area contributed by atoms with E-state index in [1.807, 2.05) is 0 Å². The van der Waals surface area contributed by atoms with Crippen molar-refractivity contribution in [3.8, 4) is 0 Å². The van der Waals surface area contributed by atoms with Gasteiger partial charge in [0.2, 0.25) is 0 Å². The van der Waals surface area contributed by atoms with Gasteiger partial charge in [-0.3, -0.25) is 0 Å². The molecule has 0 saturated carbocycles. The lowest BCUT2D eigenvalue weighted by atomic mass is 10.4. The first-order chi connectivity index (χ1) is 3.56. The third-order valence-electron chi connectivity index (χ3n) is 0.663. The number of nitrogens with one attached hydrogen (secondary N) is 1. The third kappa shape index (κ3) is 5.94. The van der Waals surface area contributed by atoms with Crippen LogP contribution in [0, 0.1) is 6.92 Å². The Bertz CT molecular complexity index is 98.2. The lowest BCUT2D eigenvalue weighted by Gasteiger charge is -2.14. The molecule has 0 aliphatic carbocycles. The summed E-state index contributed by atoms with van der Waals surface area (Å²) in [5, 5.41) is 6.38. The fraction of sp³-hybridized carbons (Fsp3) is 0.750. The maximum absolute atomic E-state index is 10.0. The number of unbranched alkanes of at least 4 members (excludes halogenated alkanes) is 1. The van der Waals surface area contributed by atoms with Gasteiger partial charge < -0.3 is 9.69 Å². The van der Waals surface area contributed by atoms with Crippen LogP contribution < -0.4 is 0 Å². The quantitative estimate of drug-likeness (QED) is 0.431. The molecule has 0 amide bonds. The van der Waals surface area contributed by atoms with Gasteiger partial charge in [-0.25, -0.2) is 0 Å². The summed E-state index contributed by atoms with van der Waals surface area (Å²) in [7, 11) is -3.48. The average molecular weight is 135 g/mol. The van der Waals surface area contributed by atoms with Crippen molar-refractivity contribution in [2.75, 3.05) is 5.75 Å². The van der Waals surface area contributed by atoms with Gasteiger partial charge in [-0.15, -0.1) is 4.21 Å². The molecule has 48 valence electrons. The highest BCUT2D eigenvalue weighted by molar-refractivity contribution is 7.99. The van der Waals surface area contributed by atoms with Crippen LogP contribution in [0.4, 0.5) is 0 Å². The average Bonchev–Trinajstić information content (AvgIpc) is 1.59. The standard InChI is InChI=1S/C4H9NO2S/c1-2-3-4-8(5,6)7/h1-4H2,(H-2,5,6,7). The van der Waals surface area contributed by atoms with Crippen molar-refractivity contribution in [3.63, 3.8) is 0 Å². The second-order valence-electron chi connectivity index (χ2n) is 1.53. The second-order valence-corrected chi connectivity index (χ2v) is 3.16. The normalized spacial score (nSPS) is 17.8. The Morgan fingerprint density at radius 1 is 1.75 bits per heavy atom. The zero-order chi connectivity index (χ0) is 6.62. The van der Waals surface area contributed by atoms with Crippen LogP contribution >= 0.6 is 0 Å². The van der Waals surface area contributed by atoms with E-state index in [1.165, 1.54) is 0 Å². The minimum atomic E-state index is -3.48. The van der Waals surface area contributed by atoms with Crippen molar-refractivity contribution >= 4 is 10.4 Å². The molecule has 0 rings (SSSR count). The minimum absolute atomic E-state index is 0.0590. The smallest absolute Gasteiger partial charge is 0.101 e. The molecule has 0 fully saturated rings. The lowest BCUT2D eigenvalue weighted by Crippen LogP contribution is -2.06. The minimum Gasteiger partial charge on any atom is -0.625 e. The first-order valence-electron chi connectivity index (χ1n) is 2.33. The van der Waals surface area contributed by atoms with Gasteiger partial charge in [-0.1, -0.05) is 0 Å². The van der Waals surface area contributed by atoms with Gasteiger partial charge in [-0.05, 0) is 10.4 Å². The molecule has 0 aliphatic heterocycles. The van der Waals surface area contributed by atoms with E-state index >= 15 is 0 Å². The molecule has 1 N–H and O–H groups in total. The van der Waals surface area contributed by atoms with E-state index < -0.39 is 10.4 Å². The van der Waals surface area contributed by atoms with E-state index in [0.29, 0.717) is 12.8 Å². The topological polar surface area (TPSA) is 63.9 Å². The molecule has 1 atom stereocenters. The molecule has 8 heavy (non-hydrogen) atoms. The Kier molecular flexibility index (Phi) is 3.04. The predicted octanol–water partition coefficient (Wildman–Crippen LogP) is 1.20. The van der Waals surface area contributed by atoms with E-state index in [9.17, 15) is 8.76 Å². The highest BCUT2D eigenvalue weighted by Gasteiger charge is 1.98. The van der Waals surface area contributed by atoms with E-state index in [2.05, 4.69) is 6.92 Å². The Labute approximate surface area is 50.7 Å². The highest BCUT2D eigenvalue weighted by atomic mass is 32.3. The van der Waals surface area contributed by atoms with E-state index in [1.54, 1.807) is 0 Å². The van der Waals surface area contributed by atoms with Gasteiger partial charge in [0, 0.05) is 6.42 Å². The van der Waals surface area contributed by atoms with Crippen LogP contribution in [-0.4, -0.2) is 10.3 Å². The molecule has 0 bridgehead atoms. The van der Waals surface area contributed by atoms with E-state index in [0.717, 1.165) is 0 Å². The second kappa shape index (κ2) is 3.06. The van der Waals surface area contributed by atoms with Crippen LogP contribution in [0.3, 0.4) is 0 Å². The fourth-order valence-corrected chi connectivity index (χ4v) is 0.876. The van der Waals surface area contributed by atoms with Crippen molar-refractivity contribution in [3.05, 3.63) is 12.1 Å². The summed E-state index contributed by atoms with van der Waals surface area (Å²) in [4.78, 5) is 0. The highest BCUT2D eigenvalue weighted by Crippen LogP contribution is 2.01. The van der Waals surface area contributed by atoms with Crippen LogP contribution in [-0.2, 0) is 14.6 Å². The Hall–Kier alpha value is -0.0600. The molecule has 0 spiro atoms. The van der Waals surface area contributed by atoms with Gasteiger partial charge in [0.15, 0.2) is 0 Å². The molecule has 0 aliphatic rings. The number of hydrogen-bond donors (Lipinski definition) is 0. The first-order valence-corrected chi connectivity index (χ1v) is 3.98. The van der Waals surface area contributed by atoms with Gasteiger partial charge in [0.25, 0.3) is 0 Å². The number of rotatable bonds is 3. The fourth-order valence-electron chi connectivity index (χ4n) is 0.292. The molecule has 0 aromatic carbocycles. The van der Waals surface area contributed by atoms with Gasteiger partial charge in [0.1, 0.15) is 5.75 Å². The van der Waals surface area contributed by atoms with Crippen molar-refractivity contribution in [2.24, 2.45) is 0 Å². The lowest BCUT2D eigenvalue weighted by molar-refractivity contribution is 0.486. The summed E-state index contributed by atoms with van der Waals surface area (Å²) in [6.07, 6.45) is 1.07. The summed E-state index contributed by atoms with van der Waals surface area (Å²) in [6.45, 7) is 3.44. The number of sulfonamides is 1. The SMILES string of the molecule is [CH2+]CCC[S+]([NH-])(=O)[O-]. The van der Waals surface area contributed by atoms with Crippen molar-refractivity contribution in [2.45, 2.75) is 12.8 Å². The summed E-state index contributed by atoms with van der Waals surface area (Å²) in [5.41, 5.74) is 0. The van der Waals surface area contributed by atoms with Crippen LogP contribution in [0.15, 0.2) is 0 Å². The summed E-state index contributed by atoms with van der Waals surface area (Å²) >= 11 is 0. The Morgan fingerprint density at radius 2 is 2.25 bits per heavy atom. The van der Waals surface area contributed by atoms with Crippen LogP contribution in [0.2, 0.25) is 0 Å². The molecule has 4 heteroatoms. The van der Waals surface area contributed by atoms with Crippen LogP contribution in [0.25, 0.3) is 5.14 Å². The van der Waals surface area contributed by atoms with Crippen molar-refractivity contribution in [1.82, 2.24) is 0 Å². The monoisotopic (exact) mass is 135 g/mol. The summed E-state index contributed by atoms with van der Waals surface area (Å²) in [5.74, 6) is -0.0590. The molecule has 1 unspecified atom stereocenters.